The smallest absolute Gasteiger partial charge is 0.338 e. The molecule has 162 valence electrons. The Labute approximate surface area is 190 Å². The number of aromatic nitrogens is 2. The number of rotatable bonds is 7. The Morgan fingerprint density at radius 1 is 1.03 bits per heavy atom. The zero-order valence-electron chi connectivity index (χ0n) is 17.5. The lowest BCUT2D eigenvalue weighted by molar-refractivity contribution is -0.116. The van der Waals surface area contributed by atoms with Crippen molar-refractivity contribution >= 4 is 34.8 Å². The molecular formula is C25H22ClN3O3. The van der Waals surface area contributed by atoms with Crippen molar-refractivity contribution in [1.29, 1.82) is 0 Å². The molecular weight excluding hydrogens is 426 g/mol. The van der Waals surface area contributed by atoms with E-state index in [9.17, 15) is 9.59 Å². The van der Waals surface area contributed by atoms with Gasteiger partial charge in [-0.05, 0) is 61.9 Å². The van der Waals surface area contributed by atoms with Gasteiger partial charge in [0.05, 0.1) is 23.6 Å². The van der Waals surface area contributed by atoms with Crippen LogP contribution in [-0.4, -0.2) is 27.9 Å². The maximum absolute atomic E-state index is 12.6. The quantitative estimate of drug-likeness (QED) is 0.385. The van der Waals surface area contributed by atoms with Gasteiger partial charge in [0.2, 0.25) is 5.91 Å². The summed E-state index contributed by atoms with van der Waals surface area (Å²) in [5.41, 5.74) is 4.63. The Morgan fingerprint density at radius 3 is 2.50 bits per heavy atom. The SMILES string of the molecule is CCOC(=O)c1ccc(NC(=O)CCc2c(-c3ccc(Cl)cc3)nc3ccccn23)cc1. The lowest BCUT2D eigenvalue weighted by Gasteiger charge is -2.08. The molecule has 0 aliphatic heterocycles. The van der Waals surface area contributed by atoms with Gasteiger partial charge in [-0.3, -0.25) is 4.79 Å². The highest BCUT2D eigenvalue weighted by Crippen LogP contribution is 2.27. The summed E-state index contributed by atoms with van der Waals surface area (Å²) in [6.45, 7) is 2.08. The first-order valence-electron chi connectivity index (χ1n) is 10.3. The summed E-state index contributed by atoms with van der Waals surface area (Å²) in [5, 5.41) is 3.54. The summed E-state index contributed by atoms with van der Waals surface area (Å²) in [7, 11) is 0. The highest BCUT2D eigenvalue weighted by molar-refractivity contribution is 6.30. The van der Waals surface area contributed by atoms with Crippen LogP contribution >= 0.6 is 11.6 Å². The Balaban J connectivity index is 1.49. The Bertz CT molecular complexity index is 1250. The van der Waals surface area contributed by atoms with Crippen LogP contribution in [0.1, 0.15) is 29.4 Å². The molecule has 7 heteroatoms. The largest absolute Gasteiger partial charge is 0.462 e. The van der Waals surface area contributed by atoms with Gasteiger partial charge in [-0.25, -0.2) is 9.78 Å². The van der Waals surface area contributed by atoms with Crippen LogP contribution in [0.2, 0.25) is 5.02 Å². The minimum absolute atomic E-state index is 0.123. The van der Waals surface area contributed by atoms with Gasteiger partial charge in [-0.1, -0.05) is 29.8 Å². The van der Waals surface area contributed by atoms with E-state index < -0.39 is 0 Å². The number of carbonyl (C=O) groups excluding carboxylic acids is 2. The summed E-state index contributed by atoms with van der Waals surface area (Å²) in [5.74, 6) is -0.505. The maximum Gasteiger partial charge on any atom is 0.338 e. The number of hydrogen-bond donors (Lipinski definition) is 1. The molecule has 0 saturated heterocycles. The van der Waals surface area contributed by atoms with Crippen LogP contribution in [0.4, 0.5) is 5.69 Å². The van der Waals surface area contributed by atoms with Gasteiger partial charge in [-0.2, -0.15) is 0 Å². The van der Waals surface area contributed by atoms with Crippen LogP contribution in [-0.2, 0) is 16.0 Å². The lowest BCUT2D eigenvalue weighted by atomic mass is 10.1. The van der Waals surface area contributed by atoms with Gasteiger partial charge in [0.15, 0.2) is 0 Å². The molecule has 0 aliphatic rings. The molecule has 1 N–H and O–H groups in total. The number of nitrogens with one attached hydrogen (secondary N) is 1. The van der Waals surface area contributed by atoms with E-state index in [1.165, 1.54) is 0 Å². The first-order chi connectivity index (χ1) is 15.5. The van der Waals surface area contributed by atoms with Crippen molar-refractivity contribution in [2.45, 2.75) is 19.8 Å². The molecule has 1 amide bonds. The van der Waals surface area contributed by atoms with Crippen molar-refractivity contribution in [3.63, 3.8) is 0 Å². The van der Waals surface area contributed by atoms with E-state index in [2.05, 4.69) is 5.32 Å². The monoisotopic (exact) mass is 447 g/mol. The second-order valence-corrected chi connectivity index (χ2v) is 7.63. The first-order valence-corrected chi connectivity index (χ1v) is 10.7. The molecule has 32 heavy (non-hydrogen) atoms. The summed E-state index contributed by atoms with van der Waals surface area (Å²) >= 11 is 6.04. The molecule has 0 aliphatic carbocycles. The van der Waals surface area contributed by atoms with E-state index >= 15 is 0 Å². The van der Waals surface area contributed by atoms with E-state index in [1.807, 2.05) is 53.1 Å². The topological polar surface area (TPSA) is 72.7 Å². The number of benzene rings is 2. The highest BCUT2D eigenvalue weighted by Gasteiger charge is 2.15. The van der Waals surface area contributed by atoms with Crippen LogP contribution in [0.3, 0.4) is 0 Å². The average Bonchev–Trinajstić information content (AvgIpc) is 3.17. The van der Waals surface area contributed by atoms with Crippen molar-refractivity contribution in [3.05, 3.63) is 89.2 Å². The van der Waals surface area contributed by atoms with E-state index in [4.69, 9.17) is 21.3 Å². The fourth-order valence-electron chi connectivity index (χ4n) is 3.48. The molecule has 0 atom stereocenters. The van der Waals surface area contributed by atoms with E-state index in [0.717, 1.165) is 22.6 Å². The zero-order valence-corrected chi connectivity index (χ0v) is 18.3. The van der Waals surface area contributed by atoms with E-state index in [1.54, 1.807) is 31.2 Å². The van der Waals surface area contributed by atoms with Gasteiger partial charge in [0.25, 0.3) is 0 Å². The molecule has 0 unspecified atom stereocenters. The molecule has 4 aromatic rings. The van der Waals surface area contributed by atoms with Crippen LogP contribution in [0.5, 0.6) is 0 Å². The molecule has 2 heterocycles. The number of anilines is 1. The van der Waals surface area contributed by atoms with Gasteiger partial charge in [-0.15, -0.1) is 0 Å². The molecule has 0 saturated carbocycles. The summed E-state index contributed by atoms with van der Waals surface area (Å²) < 4.78 is 6.98. The highest BCUT2D eigenvalue weighted by atomic mass is 35.5. The molecule has 0 spiro atoms. The number of ether oxygens (including phenoxy) is 1. The lowest BCUT2D eigenvalue weighted by Crippen LogP contribution is -2.13. The van der Waals surface area contributed by atoms with E-state index in [-0.39, 0.29) is 18.3 Å². The van der Waals surface area contributed by atoms with Gasteiger partial charge >= 0.3 is 5.97 Å². The van der Waals surface area contributed by atoms with Crippen molar-refractivity contribution < 1.29 is 14.3 Å². The number of hydrogen-bond acceptors (Lipinski definition) is 4. The number of imidazole rings is 1. The average molecular weight is 448 g/mol. The normalized spacial score (nSPS) is 10.8. The molecule has 0 bridgehead atoms. The summed E-state index contributed by atoms with van der Waals surface area (Å²) in [6, 6.07) is 20.0. The molecule has 6 nitrogen and oxygen atoms in total. The van der Waals surface area contributed by atoms with Crippen LogP contribution in [0, 0.1) is 0 Å². The summed E-state index contributed by atoms with van der Waals surface area (Å²) in [4.78, 5) is 29.1. The standard InChI is InChI=1S/C25H22ClN3O3/c1-2-32-25(31)18-8-12-20(13-9-18)27-23(30)15-14-21-24(17-6-10-19(26)11-7-17)28-22-5-3-4-16-29(21)22/h3-13,16H,2,14-15H2,1H3,(H,27,30). The number of halogens is 1. The van der Waals surface area contributed by atoms with Crippen LogP contribution in [0.25, 0.3) is 16.9 Å². The Kier molecular flexibility index (Phi) is 6.52. The molecule has 0 radical (unpaired) electrons. The maximum atomic E-state index is 12.6. The Morgan fingerprint density at radius 2 is 1.78 bits per heavy atom. The molecule has 4 rings (SSSR count). The zero-order chi connectivity index (χ0) is 22.5. The van der Waals surface area contributed by atoms with Crippen molar-refractivity contribution in [1.82, 2.24) is 9.38 Å². The van der Waals surface area contributed by atoms with Crippen LogP contribution in [0.15, 0.2) is 72.9 Å². The van der Waals surface area contributed by atoms with E-state index in [0.29, 0.717) is 29.3 Å². The molecule has 0 fully saturated rings. The minimum atomic E-state index is -0.382. The second-order valence-electron chi connectivity index (χ2n) is 7.19. The number of pyridine rings is 1. The third-order valence-corrected chi connectivity index (χ3v) is 5.27. The third-order valence-electron chi connectivity index (χ3n) is 5.02. The number of aryl methyl sites for hydroxylation is 1. The number of fused-ring (bicyclic) bond motifs is 1. The van der Waals surface area contributed by atoms with Gasteiger partial charge < -0.3 is 14.5 Å². The number of amides is 1. The fourth-order valence-corrected chi connectivity index (χ4v) is 3.61. The Hall–Kier alpha value is -3.64. The number of nitrogens with zero attached hydrogens (tertiary/aromatic N) is 2. The number of esters is 1. The minimum Gasteiger partial charge on any atom is -0.462 e. The predicted octanol–water partition coefficient (Wildman–Crippen LogP) is 5.40. The molecule has 2 aromatic heterocycles. The third kappa shape index (κ3) is 4.81. The number of carbonyl (C=O) groups is 2. The van der Waals surface area contributed by atoms with Gasteiger partial charge in [0.1, 0.15) is 5.65 Å². The summed E-state index contributed by atoms with van der Waals surface area (Å²) in [6.07, 6.45) is 2.74. The fraction of sp³-hybridized carbons (Fsp3) is 0.160. The first kappa shape index (κ1) is 21.6. The predicted molar refractivity (Wildman–Crippen MR) is 125 cm³/mol. The van der Waals surface area contributed by atoms with Crippen molar-refractivity contribution in [3.8, 4) is 11.3 Å². The van der Waals surface area contributed by atoms with Crippen LogP contribution < -0.4 is 5.32 Å². The van der Waals surface area contributed by atoms with Crippen molar-refractivity contribution in [2.24, 2.45) is 0 Å². The molecule has 2 aromatic carbocycles. The second kappa shape index (κ2) is 9.66. The van der Waals surface area contributed by atoms with Crippen molar-refractivity contribution in [2.75, 3.05) is 11.9 Å². The van der Waals surface area contributed by atoms with Gasteiger partial charge in [0, 0.05) is 28.9 Å².